The molecule has 0 radical (unpaired) electrons. The van der Waals surface area contributed by atoms with E-state index in [4.69, 9.17) is 4.74 Å². The van der Waals surface area contributed by atoms with Gasteiger partial charge in [-0.2, -0.15) is 5.10 Å². The lowest BCUT2D eigenvalue weighted by atomic mass is 10.1. The number of nitrogens with zero attached hydrogens (tertiary/aromatic N) is 4. The highest BCUT2D eigenvalue weighted by Gasteiger charge is 2.22. The van der Waals surface area contributed by atoms with Crippen LogP contribution in [0.3, 0.4) is 0 Å². The molecule has 3 rings (SSSR count). The smallest absolute Gasteiger partial charge is 0.245 e. The van der Waals surface area contributed by atoms with Crippen molar-refractivity contribution in [2.75, 3.05) is 13.1 Å². The van der Waals surface area contributed by atoms with E-state index >= 15 is 0 Å². The Labute approximate surface area is 141 Å². The topological polar surface area (TPSA) is 60.3 Å². The van der Waals surface area contributed by atoms with Crippen LogP contribution < -0.4 is 4.74 Å². The van der Waals surface area contributed by atoms with Gasteiger partial charge >= 0.3 is 0 Å². The van der Waals surface area contributed by atoms with Crippen molar-refractivity contribution in [3.8, 4) is 17.1 Å². The first kappa shape index (κ1) is 16.2. The summed E-state index contributed by atoms with van der Waals surface area (Å²) in [6.45, 7) is 7.77. The zero-order chi connectivity index (χ0) is 16.9. The van der Waals surface area contributed by atoms with Gasteiger partial charge in [0.1, 0.15) is 18.2 Å². The summed E-state index contributed by atoms with van der Waals surface area (Å²) in [7, 11) is 0. The first-order chi connectivity index (χ1) is 11.7. The van der Waals surface area contributed by atoms with Crippen molar-refractivity contribution in [2.24, 2.45) is 0 Å². The summed E-state index contributed by atoms with van der Waals surface area (Å²) in [6, 6.07) is 7.85. The van der Waals surface area contributed by atoms with Gasteiger partial charge in [0, 0.05) is 38.0 Å². The Bertz CT molecular complexity index is 717. The van der Waals surface area contributed by atoms with Gasteiger partial charge < -0.3 is 9.64 Å². The van der Waals surface area contributed by atoms with Gasteiger partial charge in [-0.25, -0.2) is 4.98 Å². The van der Waals surface area contributed by atoms with Crippen LogP contribution >= 0.6 is 0 Å². The number of benzene rings is 1. The van der Waals surface area contributed by atoms with Crippen LogP contribution in [-0.2, 0) is 11.3 Å². The van der Waals surface area contributed by atoms with Crippen molar-refractivity contribution in [2.45, 2.75) is 32.4 Å². The molecule has 1 aromatic heterocycles. The van der Waals surface area contributed by atoms with E-state index in [1.807, 2.05) is 36.1 Å². The third kappa shape index (κ3) is 3.64. The van der Waals surface area contributed by atoms with Gasteiger partial charge in [0.25, 0.3) is 0 Å². The molecule has 1 fully saturated rings. The zero-order valence-corrected chi connectivity index (χ0v) is 13.9. The molecule has 0 atom stereocenters. The summed E-state index contributed by atoms with van der Waals surface area (Å²) in [5, 5.41) is 4.42. The molecule has 0 saturated carbocycles. The zero-order valence-electron chi connectivity index (χ0n) is 13.9. The Hall–Kier alpha value is -2.63. The van der Waals surface area contributed by atoms with Crippen molar-refractivity contribution in [3.05, 3.63) is 43.2 Å². The maximum Gasteiger partial charge on any atom is 0.245 e. The van der Waals surface area contributed by atoms with Crippen LogP contribution in [0.1, 0.15) is 19.8 Å². The molecule has 0 aliphatic carbocycles. The van der Waals surface area contributed by atoms with Crippen LogP contribution in [0.5, 0.6) is 5.75 Å². The van der Waals surface area contributed by atoms with Crippen LogP contribution in [0.4, 0.5) is 0 Å². The molecule has 1 aliphatic heterocycles. The predicted octanol–water partition coefficient (Wildman–Crippen LogP) is 2.52. The number of hydrogen-bond acceptors (Lipinski definition) is 4. The lowest BCUT2D eigenvalue weighted by molar-refractivity contribution is -0.127. The van der Waals surface area contributed by atoms with Crippen LogP contribution in [0.25, 0.3) is 11.4 Å². The summed E-state index contributed by atoms with van der Waals surface area (Å²) in [5.74, 6) is 1.51. The fraction of sp³-hybridized carbons (Fsp3) is 0.389. The number of ether oxygens (including phenoxy) is 1. The van der Waals surface area contributed by atoms with E-state index in [1.54, 1.807) is 11.0 Å². The Morgan fingerprint density at radius 1 is 1.42 bits per heavy atom. The molecule has 1 amide bonds. The number of hydrogen-bond donors (Lipinski definition) is 0. The SMILES string of the molecule is C=CC(=O)N1CCC(Oc2cccc(-c3ncn(CC)n3)c2)CC1. The Kier molecular flexibility index (Phi) is 4.93. The van der Waals surface area contributed by atoms with Crippen molar-refractivity contribution in [1.82, 2.24) is 19.7 Å². The summed E-state index contributed by atoms with van der Waals surface area (Å²) in [6.07, 6.45) is 4.87. The molecule has 1 aromatic carbocycles. The van der Waals surface area contributed by atoms with E-state index in [9.17, 15) is 4.79 Å². The van der Waals surface area contributed by atoms with Gasteiger partial charge in [-0.3, -0.25) is 9.48 Å². The molecule has 2 heterocycles. The number of piperidine rings is 1. The average molecular weight is 326 g/mol. The highest BCUT2D eigenvalue weighted by molar-refractivity contribution is 5.87. The van der Waals surface area contributed by atoms with Gasteiger partial charge in [0.15, 0.2) is 5.82 Å². The van der Waals surface area contributed by atoms with Crippen molar-refractivity contribution in [3.63, 3.8) is 0 Å². The molecule has 0 unspecified atom stereocenters. The highest BCUT2D eigenvalue weighted by Crippen LogP contribution is 2.24. The molecule has 6 heteroatoms. The fourth-order valence-electron chi connectivity index (χ4n) is 2.80. The standard InChI is InChI=1S/C18H22N4O2/c1-3-17(23)21-10-8-15(9-11-21)24-16-7-5-6-14(12-16)18-19-13-22(4-2)20-18/h3,5-7,12-13,15H,1,4,8-11H2,2H3. The summed E-state index contributed by atoms with van der Waals surface area (Å²) >= 11 is 0. The van der Waals surface area contributed by atoms with E-state index in [2.05, 4.69) is 16.7 Å². The third-order valence-electron chi connectivity index (χ3n) is 4.18. The lowest BCUT2D eigenvalue weighted by Gasteiger charge is -2.31. The largest absolute Gasteiger partial charge is 0.490 e. The second-order valence-corrected chi connectivity index (χ2v) is 5.80. The van der Waals surface area contributed by atoms with E-state index in [0.717, 1.165) is 30.7 Å². The van der Waals surface area contributed by atoms with Crippen LogP contribution in [0.2, 0.25) is 0 Å². The van der Waals surface area contributed by atoms with E-state index in [-0.39, 0.29) is 12.0 Å². The fourth-order valence-corrected chi connectivity index (χ4v) is 2.80. The summed E-state index contributed by atoms with van der Waals surface area (Å²) < 4.78 is 7.89. The first-order valence-corrected chi connectivity index (χ1v) is 8.27. The maximum atomic E-state index is 11.6. The number of rotatable bonds is 5. The Balaban J connectivity index is 1.63. The van der Waals surface area contributed by atoms with Gasteiger partial charge in [-0.05, 0) is 25.1 Å². The molecule has 6 nitrogen and oxygen atoms in total. The molecule has 1 aliphatic rings. The Morgan fingerprint density at radius 2 is 2.21 bits per heavy atom. The van der Waals surface area contributed by atoms with Gasteiger partial charge in [-0.1, -0.05) is 18.7 Å². The number of carbonyl (C=O) groups excluding carboxylic acids is 1. The minimum atomic E-state index is -0.00645. The van der Waals surface area contributed by atoms with Crippen LogP contribution in [0, 0.1) is 0 Å². The third-order valence-corrected chi connectivity index (χ3v) is 4.18. The Morgan fingerprint density at radius 3 is 2.88 bits per heavy atom. The number of carbonyl (C=O) groups is 1. The minimum absolute atomic E-state index is 0.00645. The molecular formula is C18H22N4O2. The first-order valence-electron chi connectivity index (χ1n) is 8.27. The van der Waals surface area contributed by atoms with Gasteiger partial charge in [0.05, 0.1) is 0 Å². The van der Waals surface area contributed by atoms with E-state index < -0.39 is 0 Å². The van der Waals surface area contributed by atoms with Crippen LogP contribution in [-0.4, -0.2) is 44.8 Å². The van der Waals surface area contributed by atoms with Gasteiger partial charge in [-0.15, -0.1) is 0 Å². The normalized spacial score (nSPS) is 15.3. The molecule has 0 spiro atoms. The molecule has 2 aromatic rings. The summed E-state index contributed by atoms with van der Waals surface area (Å²) in [4.78, 5) is 17.7. The quantitative estimate of drug-likeness (QED) is 0.792. The predicted molar refractivity (Wildman–Crippen MR) is 91.6 cm³/mol. The molecule has 0 bridgehead atoms. The molecular weight excluding hydrogens is 304 g/mol. The lowest BCUT2D eigenvalue weighted by Crippen LogP contribution is -2.41. The number of amides is 1. The number of aromatic nitrogens is 3. The minimum Gasteiger partial charge on any atom is -0.490 e. The molecule has 0 N–H and O–H groups in total. The van der Waals surface area contributed by atoms with Crippen LogP contribution in [0.15, 0.2) is 43.2 Å². The van der Waals surface area contributed by atoms with E-state index in [0.29, 0.717) is 18.9 Å². The number of likely N-dealkylation sites (tertiary alicyclic amines) is 1. The second-order valence-electron chi connectivity index (χ2n) is 5.80. The van der Waals surface area contributed by atoms with Crippen molar-refractivity contribution < 1.29 is 9.53 Å². The van der Waals surface area contributed by atoms with Crippen molar-refractivity contribution in [1.29, 1.82) is 0 Å². The highest BCUT2D eigenvalue weighted by atomic mass is 16.5. The second kappa shape index (κ2) is 7.29. The average Bonchev–Trinajstić information content (AvgIpc) is 3.11. The van der Waals surface area contributed by atoms with E-state index in [1.165, 1.54) is 6.08 Å². The van der Waals surface area contributed by atoms with Crippen molar-refractivity contribution >= 4 is 5.91 Å². The maximum absolute atomic E-state index is 11.6. The molecule has 1 saturated heterocycles. The molecule has 24 heavy (non-hydrogen) atoms. The molecule has 126 valence electrons. The summed E-state index contributed by atoms with van der Waals surface area (Å²) in [5.41, 5.74) is 0.943. The van der Waals surface area contributed by atoms with Gasteiger partial charge in [0.2, 0.25) is 5.91 Å². The monoisotopic (exact) mass is 326 g/mol. The number of aryl methyl sites for hydroxylation is 1.